The summed E-state index contributed by atoms with van der Waals surface area (Å²) >= 11 is 6.66. The zero-order valence-electron chi connectivity index (χ0n) is 14.5. The number of amides is 2. The Kier molecular flexibility index (Phi) is 6.06. The van der Waals surface area contributed by atoms with Crippen molar-refractivity contribution >= 4 is 45.8 Å². The Morgan fingerprint density at radius 1 is 1.15 bits per heavy atom. The second-order valence-electron chi connectivity index (χ2n) is 6.17. The third-order valence-corrected chi connectivity index (χ3v) is 5.85. The first-order valence-corrected chi connectivity index (χ1v) is 9.75. The molecule has 0 bridgehead atoms. The summed E-state index contributed by atoms with van der Waals surface area (Å²) in [5.74, 6) is -0.242. The number of benzene rings is 2. The number of hydrogen-bond acceptors (Lipinski definition) is 4. The van der Waals surface area contributed by atoms with Gasteiger partial charge >= 0.3 is 0 Å². The van der Waals surface area contributed by atoms with Crippen LogP contribution in [0.25, 0.3) is 0 Å². The number of thioether (sulfide) groups is 1. The highest BCUT2D eigenvalue weighted by Gasteiger charge is 2.37. The van der Waals surface area contributed by atoms with E-state index in [1.54, 1.807) is 4.90 Å². The van der Waals surface area contributed by atoms with Gasteiger partial charge in [0.15, 0.2) is 0 Å². The van der Waals surface area contributed by atoms with Crippen LogP contribution in [0.3, 0.4) is 0 Å². The summed E-state index contributed by atoms with van der Waals surface area (Å²) in [6.07, 6.45) is 0.870. The van der Waals surface area contributed by atoms with Gasteiger partial charge in [0.1, 0.15) is 4.32 Å². The van der Waals surface area contributed by atoms with Crippen LogP contribution in [0.2, 0.25) is 0 Å². The highest BCUT2D eigenvalue weighted by Crippen LogP contribution is 2.30. The molecule has 1 N–H and O–H groups in total. The first-order chi connectivity index (χ1) is 12.5. The molecule has 3 rings (SSSR count). The van der Waals surface area contributed by atoms with E-state index < -0.39 is 5.25 Å². The normalized spacial score (nSPS) is 16.8. The van der Waals surface area contributed by atoms with Gasteiger partial charge in [-0.05, 0) is 30.5 Å². The number of para-hydroxylation sites is 1. The van der Waals surface area contributed by atoms with Gasteiger partial charge in [-0.2, -0.15) is 0 Å². The highest BCUT2D eigenvalue weighted by molar-refractivity contribution is 8.24. The summed E-state index contributed by atoms with van der Waals surface area (Å²) in [6.45, 7) is 2.48. The smallest absolute Gasteiger partial charge is 0.242 e. The molecule has 1 saturated heterocycles. The van der Waals surface area contributed by atoms with E-state index in [-0.39, 0.29) is 18.2 Å². The van der Waals surface area contributed by atoms with Crippen molar-refractivity contribution in [3.63, 3.8) is 0 Å². The van der Waals surface area contributed by atoms with E-state index in [2.05, 4.69) is 5.32 Å². The van der Waals surface area contributed by atoms with Crippen molar-refractivity contribution in [2.75, 3.05) is 11.9 Å². The Labute approximate surface area is 163 Å². The lowest BCUT2D eigenvalue weighted by atomic mass is 10.1. The zero-order chi connectivity index (χ0) is 18.5. The molecule has 0 aliphatic carbocycles. The number of aryl methyl sites for hydroxylation is 1. The number of carbonyl (C=O) groups is 2. The van der Waals surface area contributed by atoms with Crippen LogP contribution in [0.1, 0.15) is 17.5 Å². The van der Waals surface area contributed by atoms with Crippen LogP contribution in [-0.4, -0.2) is 32.8 Å². The molecular weight excluding hydrogens is 364 g/mol. The van der Waals surface area contributed by atoms with E-state index in [0.717, 1.165) is 23.2 Å². The largest absolute Gasteiger partial charge is 0.326 e. The molecule has 0 aromatic heterocycles. The molecule has 1 aliphatic heterocycles. The van der Waals surface area contributed by atoms with Gasteiger partial charge in [0.2, 0.25) is 11.8 Å². The molecule has 2 aromatic carbocycles. The molecule has 134 valence electrons. The van der Waals surface area contributed by atoms with E-state index in [9.17, 15) is 9.59 Å². The predicted octanol–water partition coefficient (Wildman–Crippen LogP) is 3.80. The Bertz CT molecular complexity index is 824. The molecule has 0 saturated carbocycles. The number of carbonyl (C=O) groups excluding carboxylic acids is 2. The Morgan fingerprint density at radius 3 is 2.58 bits per heavy atom. The minimum Gasteiger partial charge on any atom is -0.326 e. The lowest BCUT2D eigenvalue weighted by Gasteiger charge is -2.15. The van der Waals surface area contributed by atoms with Crippen molar-refractivity contribution in [3.05, 3.63) is 65.7 Å². The summed E-state index contributed by atoms with van der Waals surface area (Å²) in [6, 6.07) is 17.6. The third-order valence-electron chi connectivity index (χ3n) is 4.26. The van der Waals surface area contributed by atoms with Crippen LogP contribution in [-0.2, 0) is 16.0 Å². The molecule has 2 amide bonds. The number of rotatable bonds is 6. The van der Waals surface area contributed by atoms with Gasteiger partial charge in [0.25, 0.3) is 0 Å². The van der Waals surface area contributed by atoms with Crippen LogP contribution in [0.5, 0.6) is 0 Å². The van der Waals surface area contributed by atoms with E-state index in [1.807, 2.05) is 61.5 Å². The van der Waals surface area contributed by atoms with Crippen LogP contribution in [0.4, 0.5) is 5.69 Å². The maximum atomic E-state index is 12.6. The van der Waals surface area contributed by atoms with E-state index >= 15 is 0 Å². The quantitative estimate of drug-likeness (QED) is 0.770. The summed E-state index contributed by atoms with van der Waals surface area (Å²) < 4.78 is 0.555. The lowest BCUT2D eigenvalue weighted by Crippen LogP contribution is -2.34. The fourth-order valence-corrected chi connectivity index (χ4v) is 4.34. The number of nitrogens with zero attached hydrogens (tertiary/aromatic N) is 1. The fourth-order valence-electron chi connectivity index (χ4n) is 2.80. The van der Waals surface area contributed by atoms with Gasteiger partial charge in [-0.1, -0.05) is 72.5 Å². The van der Waals surface area contributed by atoms with Gasteiger partial charge in [0.05, 0.1) is 5.25 Å². The molecule has 6 heteroatoms. The monoisotopic (exact) mass is 384 g/mol. The molecular formula is C20H20N2O2S2. The Hall–Kier alpha value is -2.18. The second-order valence-corrected chi connectivity index (χ2v) is 8.00. The van der Waals surface area contributed by atoms with Gasteiger partial charge in [-0.15, -0.1) is 0 Å². The summed E-state index contributed by atoms with van der Waals surface area (Å²) in [4.78, 5) is 26.6. The predicted molar refractivity (Wildman–Crippen MR) is 110 cm³/mol. The Morgan fingerprint density at radius 2 is 1.85 bits per heavy atom. The van der Waals surface area contributed by atoms with Crippen molar-refractivity contribution in [2.45, 2.75) is 25.0 Å². The minimum absolute atomic E-state index is 0.0733. The first kappa shape index (κ1) is 18.6. The average molecular weight is 385 g/mol. The van der Waals surface area contributed by atoms with Crippen molar-refractivity contribution < 1.29 is 9.59 Å². The number of anilines is 1. The standard InChI is InChI=1S/C20H20N2O2S2/c1-14-7-5-6-10-16(14)21-18(23)13-17-19(24)22(20(25)26-17)12-11-15-8-3-2-4-9-15/h2-10,17H,11-13H2,1H3,(H,21,23)/t17-/m0/s1. The molecule has 2 aromatic rings. The molecule has 1 aliphatic rings. The first-order valence-electron chi connectivity index (χ1n) is 8.46. The third kappa shape index (κ3) is 4.51. The summed E-state index contributed by atoms with van der Waals surface area (Å²) in [5, 5.41) is 2.44. The van der Waals surface area contributed by atoms with Gasteiger partial charge in [-0.3, -0.25) is 14.5 Å². The Balaban J connectivity index is 1.56. The topological polar surface area (TPSA) is 49.4 Å². The zero-order valence-corrected chi connectivity index (χ0v) is 16.1. The van der Waals surface area contributed by atoms with Crippen LogP contribution >= 0.6 is 24.0 Å². The second kappa shape index (κ2) is 8.47. The van der Waals surface area contributed by atoms with Crippen LogP contribution in [0.15, 0.2) is 54.6 Å². The number of nitrogens with one attached hydrogen (secondary N) is 1. The van der Waals surface area contributed by atoms with Crippen molar-refractivity contribution in [1.82, 2.24) is 4.90 Å². The number of thiocarbonyl (C=S) groups is 1. The molecule has 0 spiro atoms. The van der Waals surface area contributed by atoms with E-state index in [1.165, 1.54) is 11.8 Å². The average Bonchev–Trinajstić information content (AvgIpc) is 2.89. The van der Waals surface area contributed by atoms with Gasteiger partial charge in [0, 0.05) is 18.7 Å². The fraction of sp³-hybridized carbons (Fsp3) is 0.250. The minimum atomic E-state index is -0.442. The molecule has 1 atom stereocenters. The SMILES string of the molecule is Cc1ccccc1NC(=O)C[C@@H]1SC(=S)N(CCc2ccccc2)C1=O. The van der Waals surface area contributed by atoms with Crippen LogP contribution < -0.4 is 5.32 Å². The van der Waals surface area contributed by atoms with Crippen molar-refractivity contribution in [1.29, 1.82) is 0 Å². The number of hydrogen-bond donors (Lipinski definition) is 1. The summed E-state index contributed by atoms with van der Waals surface area (Å²) in [5.41, 5.74) is 2.93. The molecule has 26 heavy (non-hydrogen) atoms. The molecule has 1 fully saturated rings. The van der Waals surface area contributed by atoms with E-state index in [4.69, 9.17) is 12.2 Å². The molecule has 0 unspecified atom stereocenters. The van der Waals surface area contributed by atoms with Crippen molar-refractivity contribution in [3.8, 4) is 0 Å². The molecule has 4 nitrogen and oxygen atoms in total. The van der Waals surface area contributed by atoms with Gasteiger partial charge in [-0.25, -0.2) is 0 Å². The van der Waals surface area contributed by atoms with Gasteiger partial charge < -0.3 is 5.32 Å². The molecule has 0 radical (unpaired) electrons. The maximum Gasteiger partial charge on any atom is 0.242 e. The highest BCUT2D eigenvalue weighted by atomic mass is 32.2. The molecule has 1 heterocycles. The van der Waals surface area contributed by atoms with E-state index in [0.29, 0.717) is 10.9 Å². The maximum absolute atomic E-state index is 12.6. The summed E-state index contributed by atoms with van der Waals surface area (Å²) in [7, 11) is 0. The van der Waals surface area contributed by atoms with Crippen molar-refractivity contribution in [2.24, 2.45) is 0 Å². The van der Waals surface area contributed by atoms with Crippen LogP contribution in [0, 0.1) is 6.92 Å². The lowest BCUT2D eigenvalue weighted by molar-refractivity contribution is -0.128.